The minimum absolute atomic E-state index is 0.0145. The minimum Gasteiger partial charge on any atom is -0.333 e. The molecule has 2 aromatic heterocycles. The monoisotopic (exact) mass is 349 g/mol. The third-order valence-electron chi connectivity index (χ3n) is 3.73. The van der Waals surface area contributed by atoms with E-state index < -0.39 is 26.0 Å². The van der Waals surface area contributed by atoms with Crippen LogP contribution in [0.25, 0.3) is 10.8 Å². The van der Waals surface area contributed by atoms with Gasteiger partial charge in [-0.05, 0) is 24.3 Å². The van der Waals surface area contributed by atoms with Crippen LogP contribution in [0.2, 0.25) is 0 Å². The van der Waals surface area contributed by atoms with Crippen molar-refractivity contribution < 1.29 is 21.7 Å². The van der Waals surface area contributed by atoms with Gasteiger partial charge in [-0.25, -0.2) is 8.42 Å². The molecule has 1 aliphatic carbocycles. The molecule has 0 radical (unpaired) electrons. The molecule has 0 aromatic carbocycles. The standard InChI is InChI=1S/C12H13F2N3O3S2/c13-11(14)22(18,19)7-3-6-21-8(7)9-16-10(17-20-9)12(15)4-1-2-5-12/h3,6,11H,1-2,4-5,15H2. The fraction of sp³-hybridized carbons (Fsp3) is 0.500. The Balaban J connectivity index is 2.01. The Morgan fingerprint density at radius 2 is 2.05 bits per heavy atom. The topological polar surface area (TPSA) is 99.1 Å². The predicted octanol–water partition coefficient (Wildman–Crippen LogP) is 2.52. The van der Waals surface area contributed by atoms with Crippen molar-refractivity contribution in [2.24, 2.45) is 5.73 Å². The van der Waals surface area contributed by atoms with Crippen molar-refractivity contribution >= 4 is 21.2 Å². The van der Waals surface area contributed by atoms with Crippen LogP contribution in [0.4, 0.5) is 8.78 Å². The van der Waals surface area contributed by atoms with Crippen LogP contribution in [0.3, 0.4) is 0 Å². The van der Waals surface area contributed by atoms with Crippen LogP contribution < -0.4 is 5.73 Å². The predicted molar refractivity (Wildman–Crippen MR) is 75.1 cm³/mol. The summed E-state index contributed by atoms with van der Waals surface area (Å²) in [5.74, 6) is -3.31. The van der Waals surface area contributed by atoms with Crippen LogP contribution in [0, 0.1) is 0 Å². The van der Waals surface area contributed by atoms with Gasteiger partial charge in [-0.3, -0.25) is 0 Å². The lowest BCUT2D eigenvalue weighted by atomic mass is 9.99. The molecule has 1 fully saturated rings. The Kier molecular flexibility index (Phi) is 3.77. The SMILES string of the molecule is NC1(c2noc(-c3sccc3S(=O)(=O)C(F)F)n2)CCCC1. The first-order valence-electron chi connectivity index (χ1n) is 6.57. The molecule has 2 heterocycles. The largest absolute Gasteiger partial charge is 0.341 e. The first kappa shape index (κ1) is 15.5. The zero-order valence-corrected chi connectivity index (χ0v) is 13.0. The summed E-state index contributed by atoms with van der Waals surface area (Å²) in [6.45, 7) is 0. The van der Waals surface area contributed by atoms with Crippen molar-refractivity contribution in [3.8, 4) is 10.8 Å². The molecule has 0 atom stereocenters. The van der Waals surface area contributed by atoms with Crippen molar-refractivity contribution in [3.63, 3.8) is 0 Å². The van der Waals surface area contributed by atoms with Crippen LogP contribution in [-0.4, -0.2) is 24.3 Å². The fourth-order valence-electron chi connectivity index (χ4n) is 2.52. The van der Waals surface area contributed by atoms with E-state index in [1.165, 1.54) is 5.38 Å². The first-order valence-corrected chi connectivity index (χ1v) is 9.00. The van der Waals surface area contributed by atoms with Crippen molar-refractivity contribution in [2.75, 3.05) is 0 Å². The van der Waals surface area contributed by atoms with Gasteiger partial charge in [0, 0.05) is 0 Å². The molecule has 2 N–H and O–H groups in total. The van der Waals surface area contributed by atoms with Gasteiger partial charge >= 0.3 is 5.76 Å². The molecule has 3 rings (SSSR count). The maximum Gasteiger partial charge on any atom is 0.341 e. The van der Waals surface area contributed by atoms with E-state index in [9.17, 15) is 17.2 Å². The average molecular weight is 349 g/mol. The smallest absolute Gasteiger partial charge is 0.333 e. The lowest BCUT2D eigenvalue weighted by Gasteiger charge is -2.17. The second-order valence-electron chi connectivity index (χ2n) is 5.21. The van der Waals surface area contributed by atoms with E-state index in [2.05, 4.69) is 10.1 Å². The van der Waals surface area contributed by atoms with Crippen LogP contribution >= 0.6 is 11.3 Å². The second kappa shape index (κ2) is 5.36. The molecule has 0 bridgehead atoms. The number of nitrogens with two attached hydrogens (primary N) is 1. The van der Waals surface area contributed by atoms with Crippen LogP contribution in [-0.2, 0) is 15.4 Å². The number of hydrogen-bond donors (Lipinski definition) is 1. The van der Waals surface area contributed by atoms with Gasteiger partial charge in [0.15, 0.2) is 5.82 Å². The third kappa shape index (κ3) is 2.44. The molecular formula is C12H13F2N3O3S2. The van der Waals surface area contributed by atoms with Gasteiger partial charge in [0.05, 0.1) is 10.4 Å². The molecule has 6 nitrogen and oxygen atoms in total. The molecule has 1 aliphatic rings. The fourth-order valence-corrected chi connectivity index (χ4v) is 4.60. The number of thiophene rings is 1. The molecule has 0 spiro atoms. The maximum atomic E-state index is 12.7. The zero-order chi connectivity index (χ0) is 16.0. The van der Waals surface area contributed by atoms with Gasteiger partial charge in [-0.15, -0.1) is 11.3 Å². The highest BCUT2D eigenvalue weighted by atomic mass is 32.2. The molecule has 10 heteroatoms. The first-order chi connectivity index (χ1) is 10.3. The highest BCUT2D eigenvalue weighted by Gasteiger charge is 2.37. The molecule has 0 saturated heterocycles. The Labute approximate surface area is 129 Å². The van der Waals surface area contributed by atoms with Crippen molar-refractivity contribution in [3.05, 3.63) is 17.3 Å². The summed E-state index contributed by atoms with van der Waals surface area (Å²) in [7, 11) is -4.72. The highest BCUT2D eigenvalue weighted by Crippen LogP contribution is 2.38. The van der Waals surface area contributed by atoms with Crippen molar-refractivity contribution in [2.45, 2.75) is 41.9 Å². The van der Waals surface area contributed by atoms with Crippen LogP contribution in [0.15, 0.2) is 20.9 Å². The lowest BCUT2D eigenvalue weighted by molar-refractivity contribution is 0.235. The molecular weight excluding hydrogens is 336 g/mol. The second-order valence-corrected chi connectivity index (χ2v) is 8.01. The van der Waals surface area contributed by atoms with Crippen LogP contribution in [0.1, 0.15) is 31.5 Å². The summed E-state index contributed by atoms with van der Waals surface area (Å²) in [6, 6.07) is 1.11. The molecule has 0 unspecified atom stereocenters. The lowest BCUT2D eigenvalue weighted by Crippen LogP contribution is -2.34. The van der Waals surface area contributed by atoms with Crippen molar-refractivity contribution in [1.82, 2.24) is 10.1 Å². The summed E-state index contributed by atoms with van der Waals surface area (Å²) < 4.78 is 53.8. The molecule has 2 aromatic rings. The molecule has 120 valence electrons. The Morgan fingerprint density at radius 1 is 1.36 bits per heavy atom. The van der Waals surface area contributed by atoms with Gasteiger partial charge < -0.3 is 10.3 Å². The van der Waals surface area contributed by atoms with Gasteiger partial charge in [-0.2, -0.15) is 13.8 Å². The Bertz CT molecular complexity index is 779. The number of halogens is 2. The number of alkyl halides is 2. The van der Waals surface area contributed by atoms with Gasteiger partial charge in [0.1, 0.15) is 4.88 Å². The summed E-state index contributed by atoms with van der Waals surface area (Å²) in [6.07, 6.45) is 3.31. The summed E-state index contributed by atoms with van der Waals surface area (Å²) >= 11 is 0.952. The average Bonchev–Trinajstić information content (AvgIpc) is 3.18. The van der Waals surface area contributed by atoms with E-state index in [4.69, 9.17) is 10.3 Å². The van der Waals surface area contributed by atoms with E-state index in [-0.39, 0.29) is 16.6 Å². The van der Waals surface area contributed by atoms with Gasteiger partial charge in [0.2, 0.25) is 9.84 Å². The number of rotatable bonds is 4. The van der Waals surface area contributed by atoms with Gasteiger partial charge in [-0.1, -0.05) is 18.0 Å². The summed E-state index contributed by atoms with van der Waals surface area (Å²) in [5, 5.41) is 5.20. The summed E-state index contributed by atoms with van der Waals surface area (Å²) in [4.78, 5) is 3.65. The van der Waals surface area contributed by atoms with E-state index in [0.717, 1.165) is 30.2 Å². The summed E-state index contributed by atoms with van der Waals surface area (Å²) in [5.41, 5.74) is 5.51. The van der Waals surface area contributed by atoms with Gasteiger partial charge in [0.25, 0.3) is 5.89 Å². The van der Waals surface area contributed by atoms with E-state index in [1.807, 2.05) is 0 Å². The Morgan fingerprint density at radius 3 is 2.68 bits per heavy atom. The molecule has 22 heavy (non-hydrogen) atoms. The van der Waals surface area contributed by atoms with E-state index in [0.29, 0.717) is 12.8 Å². The van der Waals surface area contributed by atoms with E-state index >= 15 is 0 Å². The number of nitrogens with zero attached hydrogens (tertiary/aromatic N) is 2. The quantitative estimate of drug-likeness (QED) is 0.910. The molecule has 0 aliphatic heterocycles. The highest BCUT2D eigenvalue weighted by molar-refractivity contribution is 7.92. The number of hydrogen-bond acceptors (Lipinski definition) is 7. The minimum atomic E-state index is -4.72. The molecule has 0 amide bonds. The third-order valence-corrected chi connectivity index (χ3v) is 6.19. The number of aromatic nitrogens is 2. The number of sulfone groups is 1. The normalized spacial score (nSPS) is 18.2. The van der Waals surface area contributed by atoms with Crippen molar-refractivity contribution in [1.29, 1.82) is 0 Å². The zero-order valence-electron chi connectivity index (χ0n) is 11.3. The molecule has 1 saturated carbocycles. The van der Waals surface area contributed by atoms with Crippen LogP contribution in [0.5, 0.6) is 0 Å². The van der Waals surface area contributed by atoms with E-state index in [1.54, 1.807) is 0 Å². The maximum absolute atomic E-state index is 12.7. The Hall–Kier alpha value is -1.39.